The zero-order chi connectivity index (χ0) is 19.4. The third-order valence-corrected chi connectivity index (χ3v) is 4.18. The van der Waals surface area contributed by atoms with E-state index in [4.69, 9.17) is 4.42 Å². The Hall–Kier alpha value is -3.23. The molecule has 0 radical (unpaired) electrons. The van der Waals surface area contributed by atoms with Crippen molar-refractivity contribution < 1.29 is 27.6 Å². The molecule has 1 aromatic heterocycles. The van der Waals surface area contributed by atoms with Crippen molar-refractivity contribution in [2.75, 3.05) is 32.7 Å². The highest BCUT2D eigenvalue weighted by Crippen LogP contribution is 2.10. The molecule has 0 spiro atoms. The summed E-state index contributed by atoms with van der Waals surface area (Å²) in [5.74, 6) is -2.83. The normalized spacial score (nSPS) is 14.1. The molecule has 0 saturated carbocycles. The minimum Gasteiger partial charge on any atom is -0.459 e. The first-order valence-electron chi connectivity index (χ1n) is 8.29. The summed E-state index contributed by atoms with van der Waals surface area (Å²) in [6.45, 7) is 1.01. The van der Waals surface area contributed by atoms with Crippen molar-refractivity contribution in [1.29, 1.82) is 0 Å². The molecule has 7 nitrogen and oxygen atoms in total. The van der Waals surface area contributed by atoms with Crippen molar-refractivity contribution in [1.82, 2.24) is 15.1 Å². The van der Waals surface area contributed by atoms with Gasteiger partial charge in [0.2, 0.25) is 5.91 Å². The lowest BCUT2D eigenvalue weighted by Gasteiger charge is -2.34. The van der Waals surface area contributed by atoms with E-state index in [-0.39, 0.29) is 29.7 Å². The van der Waals surface area contributed by atoms with Crippen LogP contribution in [0, 0.1) is 11.6 Å². The van der Waals surface area contributed by atoms with Crippen molar-refractivity contribution in [2.45, 2.75) is 0 Å². The zero-order valence-corrected chi connectivity index (χ0v) is 14.3. The molecule has 0 bridgehead atoms. The van der Waals surface area contributed by atoms with E-state index < -0.39 is 17.5 Å². The third-order valence-electron chi connectivity index (χ3n) is 4.18. The molecule has 9 heteroatoms. The SMILES string of the molecule is O=C(NCC(=O)N1CCN(C(=O)c2ccco2)CC1)c1cc(F)cc(F)c1. The Labute approximate surface area is 153 Å². The van der Waals surface area contributed by atoms with Gasteiger partial charge in [-0.2, -0.15) is 0 Å². The number of nitrogens with zero attached hydrogens (tertiary/aromatic N) is 2. The van der Waals surface area contributed by atoms with E-state index in [1.807, 2.05) is 0 Å². The Bertz CT molecular complexity index is 826. The summed E-state index contributed by atoms with van der Waals surface area (Å²) >= 11 is 0. The van der Waals surface area contributed by atoms with Crippen LogP contribution in [0.1, 0.15) is 20.9 Å². The van der Waals surface area contributed by atoms with E-state index in [0.717, 1.165) is 12.1 Å². The number of amides is 3. The number of carbonyl (C=O) groups excluding carboxylic acids is 3. The van der Waals surface area contributed by atoms with Crippen LogP contribution in [0.15, 0.2) is 41.0 Å². The highest BCUT2D eigenvalue weighted by Gasteiger charge is 2.26. The molecular formula is C18H17F2N3O4. The topological polar surface area (TPSA) is 82.9 Å². The minimum absolute atomic E-state index is 0.200. The molecule has 2 aromatic rings. The summed E-state index contributed by atoms with van der Waals surface area (Å²) in [4.78, 5) is 39.4. The van der Waals surface area contributed by atoms with Crippen LogP contribution in [-0.2, 0) is 4.79 Å². The van der Waals surface area contributed by atoms with Gasteiger partial charge in [0.1, 0.15) is 11.6 Å². The molecule has 1 saturated heterocycles. The highest BCUT2D eigenvalue weighted by atomic mass is 19.1. The van der Waals surface area contributed by atoms with Crippen LogP contribution in [0.3, 0.4) is 0 Å². The average molecular weight is 377 g/mol. The predicted octanol–water partition coefficient (Wildman–Crippen LogP) is 1.27. The van der Waals surface area contributed by atoms with E-state index in [9.17, 15) is 23.2 Å². The van der Waals surface area contributed by atoms with E-state index >= 15 is 0 Å². The molecule has 0 unspecified atom stereocenters. The lowest BCUT2D eigenvalue weighted by atomic mass is 10.2. The number of benzene rings is 1. The maximum Gasteiger partial charge on any atom is 0.289 e. The van der Waals surface area contributed by atoms with Gasteiger partial charge in [0.05, 0.1) is 12.8 Å². The van der Waals surface area contributed by atoms with E-state index in [2.05, 4.69) is 5.32 Å². The number of furan rings is 1. The minimum atomic E-state index is -0.871. The molecule has 0 aliphatic carbocycles. The molecule has 1 aromatic carbocycles. The number of hydrogen-bond acceptors (Lipinski definition) is 4. The summed E-state index contributed by atoms with van der Waals surface area (Å²) < 4.78 is 31.4. The second kappa shape index (κ2) is 7.98. The Morgan fingerprint density at radius 2 is 1.63 bits per heavy atom. The summed E-state index contributed by atoms with van der Waals surface area (Å²) in [6.07, 6.45) is 1.42. The number of carbonyl (C=O) groups is 3. The Morgan fingerprint density at radius 3 is 2.22 bits per heavy atom. The fraction of sp³-hybridized carbons (Fsp3) is 0.278. The van der Waals surface area contributed by atoms with Crippen molar-refractivity contribution in [2.24, 2.45) is 0 Å². The van der Waals surface area contributed by atoms with Gasteiger partial charge in [-0.25, -0.2) is 8.78 Å². The van der Waals surface area contributed by atoms with Gasteiger partial charge in [-0.15, -0.1) is 0 Å². The quantitative estimate of drug-likeness (QED) is 0.870. The van der Waals surface area contributed by atoms with Gasteiger partial charge < -0.3 is 19.5 Å². The van der Waals surface area contributed by atoms with Crippen LogP contribution < -0.4 is 5.32 Å². The summed E-state index contributed by atoms with van der Waals surface area (Å²) in [5.41, 5.74) is -0.200. The van der Waals surface area contributed by atoms with Crippen molar-refractivity contribution in [3.05, 3.63) is 59.6 Å². The Morgan fingerprint density at radius 1 is 1.00 bits per heavy atom. The maximum absolute atomic E-state index is 13.1. The van der Waals surface area contributed by atoms with Crippen LogP contribution in [0.2, 0.25) is 0 Å². The fourth-order valence-corrected chi connectivity index (χ4v) is 2.77. The first-order valence-corrected chi connectivity index (χ1v) is 8.29. The number of halogens is 2. The van der Waals surface area contributed by atoms with Crippen LogP contribution >= 0.6 is 0 Å². The molecule has 3 amide bonds. The first kappa shape index (κ1) is 18.6. The van der Waals surface area contributed by atoms with Crippen LogP contribution in [-0.4, -0.2) is 60.2 Å². The number of rotatable bonds is 4. The fourth-order valence-electron chi connectivity index (χ4n) is 2.77. The monoisotopic (exact) mass is 377 g/mol. The summed E-state index contributed by atoms with van der Waals surface area (Å²) in [6, 6.07) is 5.64. The van der Waals surface area contributed by atoms with Crippen molar-refractivity contribution >= 4 is 17.7 Å². The second-order valence-corrected chi connectivity index (χ2v) is 5.99. The molecule has 142 valence electrons. The molecule has 0 atom stereocenters. The lowest BCUT2D eigenvalue weighted by Crippen LogP contribution is -2.52. The molecule has 1 aliphatic rings. The van der Waals surface area contributed by atoms with E-state index in [0.29, 0.717) is 32.2 Å². The number of piperazine rings is 1. The van der Waals surface area contributed by atoms with Gasteiger partial charge in [-0.1, -0.05) is 0 Å². The largest absolute Gasteiger partial charge is 0.459 e. The van der Waals surface area contributed by atoms with Gasteiger partial charge in [0, 0.05) is 37.8 Å². The summed E-state index contributed by atoms with van der Waals surface area (Å²) in [5, 5.41) is 2.35. The highest BCUT2D eigenvalue weighted by molar-refractivity contribution is 5.96. The predicted molar refractivity (Wildman–Crippen MR) is 89.9 cm³/mol. The van der Waals surface area contributed by atoms with Gasteiger partial charge in [-0.3, -0.25) is 14.4 Å². The second-order valence-electron chi connectivity index (χ2n) is 5.99. The van der Waals surface area contributed by atoms with Gasteiger partial charge in [0.15, 0.2) is 5.76 Å². The van der Waals surface area contributed by atoms with Gasteiger partial charge in [0.25, 0.3) is 11.8 Å². The number of nitrogens with one attached hydrogen (secondary N) is 1. The molecule has 1 aliphatic heterocycles. The molecule has 1 N–H and O–H groups in total. The van der Waals surface area contributed by atoms with Crippen molar-refractivity contribution in [3.8, 4) is 0 Å². The Balaban J connectivity index is 1.48. The van der Waals surface area contributed by atoms with Crippen molar-refractivity contribution in [3.63, 3.8) is 0 Å². The Kier molecular flexibility index (Phi) is 5.49. The smallest absolute Gasteiger partial charge is 0.289 e. The third kappa shape index (κ3) is 4.49. The van der Waals surface area contributed by atoms with E-state index in [1.165, 1.54) is 11.2 Å². The average Bonchev–Trinajstić information content (AvgIpc) is 3.19. The maximum atomic E-state index is 13.1. The van der Waals surface area contributed by atoms with Crippen LogP contribution in [0.5, 0.6) is 0 Å². The molecular weight excluding hydrogens is 360 g/mol. The molecule has 3 rings (SSSR count). The van der Waals surface area contributed by atoms with Gasteiger partial charge >= 0.3 is 0 Å². The first-order chi connectivity index (χ1) is 12.9. The molecule has 1 fully saturated rings. The molecule has 27 heavy (non-hydrogen) atoms. The van der Waals surface area contributed by atoms with Gasteiger partial charge in [-0.05, 0) is 24.3 Å². The number of hydrogen-bond donors (Lipinski definition) is 1. The summed E-state index contributed by atoms with van der Waals surface area (Å²) in [7, 11) is 0. The lowest BCUT2D eigenvalue weighted by molar-refractivity contribution is -0.131. The van der Waals surface area contributed by atoms with E-state index in [1.54, 1.807) is 17.0 Å². The zero-order valence-electron chi connectivity index (χ0n) is 14.3. The standard InChI is InChI=1S/C18H17F2N3O4/c19-13-8-12(9-14(20)10-13)17(25)21-11-16(24)22-3-5-23(6-4-22)18(26)15-2-1-7-27-15/h1-2,7-10H,3-6,11H2,(H,21,25). The van der Waals surface area contributed by atoms with Crippen LogP contribution in [0.4, 0.5) is 8.78 Å². The van der Waals surface area contributed by atoms with Crippen LogP contribution in [0.25, 0.3) is 0 Å². The molecule has 2 heterocycles.